The fraction of sp³-hybridized carbons (Fsp3) is 0.727. The van der Waals surface area contributed by atoms with Crippen molar-refractivity contribution in [2.24, 2.45) is 11.1 Å². The molecule has 0 spiro atoms. The van der Waals surface area contributed by atoms with Crippen LogP contribution in [0.4, 0.5) is 0 Å². The fourth-order valence-electron chi connectivity index (χ4n) is 1.44. The molecule has 0 aliphatic carbocycles. The Morgan fingerprint density at radius 3 is 2.69 bits per heavy atom. The lowest BCUT2D eigenvalue weighted by Crippen LogP contribution is -2.43. The van der Waals surface area contributed by atoms with E-state index in [1.165, 1.54) is 6.33 Å². The van der Waals surface area contributed by atoms with Crippen LogP contribution in [0, 0.1) is 5.41 Å². The zero-order chi connectivity index (χ0) is 12.3. The molecule has 0 saturated carbocycles. The van der Waals surface area contributed by atoms with Gasteiger partial charge < -0.3 is 5.73 Å². The van der Waals surface area contributed by atoms with E-state index in [0.29, 0.717) is 12.4 Å². The predicted octanol–water partition coefficient (Wildman–Crippen LogP) is 0.783. The van der Waals surface area contributed by atoms with E-state index in [1.54, 1.807) is 4.68 Å². The van der Waals surface area contributed by atoms with Crippen molar-refractivity contribution in [2.45, 2.75) is 46.7 Å². The van der Waals surface area contributed by atoms with Crippen LogP contribution in [0.5, 0.6) is 0 Å². The van der Waals surface area contributed by atoms with Crippen molar-refractivity contribution in [1.29, 1.82) is 0 Å². The van der Waals surface area contributed by atoms with E-state index in [0.717, 1.165) is 0 Å². The summed E-state index contributed by atoms with van der Waals surface area (Å²) in [5.41, 5.74) is 5.68. The number of hydrogen-bond acceptors (Lipinski definition) is 4. The molecule has 0 radical (unpaired) electrons. The molecule has 16 heavy (non-hydrogen) atoms. The third-order valence-electron chi connectivity index (χ3n) is 2.61. The van der Waals surface area contributed by atoms with E-state index in [2.05, 4.69) is 10.1 Å². The summed E-state index contributed by atoms with van der Waals surface area (Å²) in [6.45, 7) is 8.56. The van der Waals surface area contributed by atoms with E-state index in [1.807, 2.05) is 27.7 Å². The molecule has 0 aliphatic rings. The van der Waals surface area contributed by atoms with Crippen molar-refractivity contribution in [3.63, 3.8) is 0 Å². The third-order valence-corrected chi connectivity index (χ3v) is 2.61. The molecular formula is C11H20N4O. The van der Waals surface area contributed by atoms with Gasteiger partial charge in [0, 0.05) is 6.54 Å². The van der Waals surface area contributed by atoms with Crippen molar-refractivity contribution in [3.8, 4) is 0 Å². The molecule has 5 heteroatoms. The maximum Gasteiger partial charge on any atom is 0.157 e. The highest BCUT2D eigenvalue weighted by molar-refractivity contribution is 5.86. The Morgan fingerprint density at radius 1 is 1.56 bits per heavy atom. The molecule has 0 aliphatic heterocycles. The van der Waals surface area contributed by atoms with E-state index in [-0.39, 0.29) is 17.6 Å². The van der Waals surface area contributed by atoms with Gasteiger partial charge in [0.05, 0.1) is 12.5 Å². The average Bonchev–Trinajstić information content (AvgIpc) is 2.62. The van der Waals surface area contributed by atoms with Crippen molar-refractivity contribution in [1.82, 2.24) is 14.8 Å². The average molecular weight is 224 g/mol. The van der Waals surface area contributed by atoms with Crippen LogP contribution >= 0.6 is 0 Å². The van der Waals surface area contributed by atoms with Gasteiger partial charge in [-0.15, -0.1) is 0 Å². The number of aromatic nitrogens is 3. The van der Waals surface area contributed by atoms with Crippen molar-refractivity contribution >= 4 is 5.78 Å². The Labute approximate surface area is 96.0 Å². The summed E-state index contributed by atoms with van der Waals surface area (Å²) in [6.07, 6.45) is 1.72. The van der Waals surface area contributed by atoms with Crippen molar-refractivity contribution < 1.29 is 4.79 Å². The van der Waals surface area contributed by atoms with Crippen LogP contribution in [0.25, 0.3) is 0 Å². The molecule has 1 atom stereocenters. The first kappa shape index (κ1) is 12.8. The Kier molecular flexibility index (Phi) is 3.80. The smallest absolute Gasteiger partial charge is 0.157 e. The van der Waals surface area contributed by atoms with Gasteiger partial charge in [0.25, 0.3) is 0 Å². The molecule has 0 aromatic carbocycles. The first-order valence-electron chi connectivity index (χ1n) is 5.51. The zero-order valence-corrected chi connectivity index (χ0v) is 10.4. The minimum absolute atomic E-state index is 0.00944. The second kappa shape index (κ2) is 4.74. The highest BCUT2D eigenvalue weighted by Crippen LogP contribution is 2.18. The summed E-state index contributed by atoms with van der Waals surface area (Å²) in [7, 11) is 0. The molecule has 1 rings (SSSR count). The summed E-state index contributed by atoms with van der Waals surface area (Å²) >= 11 is 0. The van der Waals surface area contributed by atoms with Crippen LogP contribution in [0.1, 0.15) is 33.5 Å². The van der Waals surface area contributed by atoms with E-state index >= 15 is 0 Å². The van der Waals surface area contributed by atoms with Gasteiger partial charge in [0.15, 0.2) is 5.78 Å². The molecule has 0 bridgehead atoms. The van der Waals surface area contributed by atoms with Gasteiger partial charge in [-0.2, -0.15) is 5.10 Å². The first-order valence-corrected chi connectivity index (χ1v) is 5.51. The topological polar surface area (TPSA) is 73.8 Å². The second-order valence-electron chi connectivity index (χ2n) is 4.98. The lowest BCUT2D eigenvalue weighted by atomic mass is 9.84. The Balaban J connectivity index is 2.72. The van der Waals surface area contributed by atoms with Crippen molar-refractivity contribution in [3.05, 3.63) is 12.2 Å². The SMILES string of the molecule is CCn1ncnc1CC(=O)C(N)C(C)(C)C. The molecule has 90 valence electrons. The number of carbonyl (C=O) groups excluding carboxylic acids is 1. The van der Waals surface area contributed by atoms with E-state index in [9.17, 15) is 4.79 Å². The molecule has 1 aromatic rings. The van der Waals surface area contributed by atoms with Gasteiger partial charge >= 0.3 is 0 Å². The number of hydrogen-bond donors (Lipinski definition) is 1. The minimum atomic E-state index is -0.463. The van der Waals surface area contributed by atoms with Gasteiger partial charge in [-0.3, -0.25) is 4.79 Å². The molecular weight excluding hydrogens is 204 g/mol. The molecule has 0 amide bonds. The molecule has 0 saturated heterocycles. The Hall–Kier alpha value is -1.23. The van der Waals surface area contributed by atoms with Crippen LogP contribution in [0.3, 0.4) is 0 Å². The van der Waals surface area contributed by atoms with Gasteiger partial charge in [-0.05, 0) is 12.3 Å². The fourth-order valence-corrected chi connectivity index (χ4v) is 1.44. The van der Waals surface area contributed by atoms with Gasteiger partial charge in [-0.1, -0.05) is 20.8 Å². The lowest BCUT2D eigenvalue weighted by Gasteiger charge is -2.25. The largest absolute Gasteiger partial charge is 0.321 e. The Morgan fingerprint density at radius 2 is 2.19 bits per heavy atom. The van der Waals surface area contributed by atoms with Gasteiger partial charge in [0.2, 0.25) is 0 Å². The summed E-state index contributed by atoms with van der Waals surface area (Å²) in [4.78, 5) is 16.0. The summed E-state index contributed by atoms with van der Waals surface area (Å²) in [5, 5.41) is 4.02. The van der Waals surface area contributed by atoms with E-state index < -0.39 is 6.04 Å². The number of nitrogens with zero attached hydrogens (tertiary/aromatic N) is 3. The number of aryl methyl sites for hydroxylation is 1. The molecule has 1 heterocycles. The number of rotatable bonds is 4. The lowest BCUT2D eigenvalue weighted by molar-refractivity contribution is -0.121. The quantitative estimate of drug-likeness (QED) is 0.820. The zero-order valence-electron chi connectivity index (χ0n) is 10.4. The number of nitrogens with two attached hydrogens (primary N) is 1. The van der Waals surface area contributed by atoms with Crippen LogP contribution in [0.2, 0.25) is 0 Å². The van der Waals surface area contributed by atoms with Crippen LogP contribution in [0.15, 0.2) is 6.33 Å². The number of Topliss-reactive ketones (excluding diaryl/α,β-unsaturated/α-hetero) is 1. The number of carbonyl (C=O) groups is 1. The molecule has 2 N–H and O–H groups in total. The third kappa shape index (κ3) is 2.88. The maximum absolute atomic E-state index is 11.9. The monoisotopic (exact) mass is 224 g/mol. The van der Waals surface area contributed by atoms with Crippen LogP contribution in [-0.4, -0.2) is 26.6 Å². The minimum Gasteiger partial charge on any atom is -0.321 e. The van der Waals surface area contributed by atoms with E-state index in [4.69, 9.17) is 5.73 Å². The van der Waals surface area contributed by atoms with Gasteiger partial charge in [-0.25, -0.2) is 9.67 Å². The molecule has 1 unspecified atom stereocenters. The normalized spacial score (nSPS) is 13.8. The summed E-state index contributed by atoms with van der Waals surface area (Å²) < 4.78 is 1.72. The predicted molar refractivity (Wildman–Crippen MR) is 61.8 cm³/mol. The summed E-state index contributed by atoms with van der Waals surface area (Å²) in [5.74, 6) is 0.697. The Bertz CT molecular complexity index is 364. The van der Waals surface area contributed by atoms with Crippen LogP contribution < -0.4 is 5.73 Å². The van der Waals surface area contributed by atoms with Crippen LogP contribution in [-0.2, 0) is 17.8 Å². The first-order chi connectivity index (χ1) is 7.36. The molecule has 0 fully saturated rings. The molecule has 5 nitrogen and oxygen atoms in total. The maximum atomic E-state index is 11.9. The highest BCUT2D eigenvalue weighted by Gasteiger charge is 2.28. The standard InChI is InChI=1S/C11H20N4O/c1-5-15-9(13-7-14-15)6-8(16)10(12)11(2,3)4/h7,10H,5-6,12H2,1-4H3. The van der Waals surface area contributed by atoms with Gasteiger partial charge in [0.1, 0.15) is 12.2 Å². The number of ketones is 1. The molecule has 1 aromatic heterocycles. The second-order valence-corrected chi connectivity index (χ2v) is 4.98. The highest BCUT2D eigenvalue weighted by atomic mass is 16.1. The summed E-state index contributed by atoms with van der Waals surface area (Å²) in [6, 6.07) is -0.463. The van der Waals surface area contributed by atoms with Crippen molar-refractivity contribution in [2.75, 3.05) is 0 Å².